The van der Waals surface area contributed by atoms with Gasteiger partial charge in [0.05, 0.1) is 36.3 Å². The Morgan fingerprint density at radius 1 is 1.00 bits per heavy atom. The van der Waals surface area contributed by atoms with Crippen molar-refractivity contribution in [1.29, 1.82) is 0 Å². The number of imide groups is 1. The van der Waals surface area contributed by atoms with Crippen LogP contribution in [0.25, 0.3) is 0 Å². The molecule has 1 saturated heterocycles. The van der Waals surface area contributed by atoms with Crippen LogP contribution < -0.4 is 14.5 Å². The number of hydrogen-bond acceptors (Lipinski definition) is 8. The van der Waals surface area contributed by atoms with Gasteiger partial charge in [0.1, 0.15) is 12.3 Å². The second-order valence-electron chi connectivity index (χ2n) is 10.9. The number of thioether (sulfide) groups is 1. The number of amides is 2. The highest BCUT2D eigenvalue weighted by Crippen LogP contribution is 2.69. The number of aromatic nitrogens is 1. The number of rotatable bonds is 6. The highest BCUT2D eigenvalue weighted by Gasteiger charge is 2.69. The number of esters is 1. The average molecular weight is 611 g/mol. The summed E-state index contributed by atoms with van der Waals surface area (Å²) in [6, 6.07) is 14.7. The molecule has 0 N–H and O–H groups in total. The predicted molar refractivity (Wildman–Crippen MR) is 156 cm³/mol. The van der Waals surface area contributed by atoms with Gasteiger partial charge >= 0.3 is 10.8 Å². The summed E-state index contributed by atoms with van der Waals surface area (Å²) in [7, 11) is 1.62. The van der Waals surface area contributed by atoms with Crippen molar-refractivity contribution in [3.63, 3.8) is 0 Å². The quantitative estimate of drug-likeness (QED) is 0.292. The molecule has 2 aliphatic heterocycles. The van der Waals surface area contributed by atoms with Gasteiger partial charge in [-0.25, -0.2) is 0 Å². The van der Waals surface area contributed by atoms with Gasteiger partial charge in [-0.2, -0.15) is 0 Å². The maximum atomic E-state index is 13.9. The van der Waals surface area contributed by atoms with Gasteiger partial charge in [-0.15, -0.1) is 11.8 Å². The topological polar surface area (TPSA) is 94.9 Å². The van der Waals surface area contributed by atoms with Crippen molar-refractivity contribution < 1.29 is 23.9 Å². The molecule has 3 heterocycles. The van der Waals surface area contributed by atoms with Crippen molar-refractivity contribution in [2.24, 2.45) is 29.6 Å². The lowest BCUT2D eigenvalue weighted by molar-refractivity contribution is -0.144. The molecule has 2 saturated carbocycles. The Kier molecular flexibility index (Phi) is 6.55. The van der Waals surface area contributed by atoms with Crippen LogP contribution in [0, 0.1) is 29.6 Å². The largest absolute Gasteiger partial charge is 0.497 e. The number of ether oxygens (including phenoxy) is 2. The summed E-state index contributed by atoms with van der Waals surface area (Å²) in [5.41, 5.74) is 1.57. The highest BCUT2D eigenvalue weighted by molar-refractivity contribution is 8.00. The van der Waals surface area contributed by atoms with Crippen LogP contribution >= 0.6 is 34.7 Å². The van der Waals surface area contributed by atoms with E-state index in [0.717, 1.165) is 39.0 Å². The molecule has 41 heavy (non-hydrogen) atoms. The van der Waals surface area contributed by atoms with Crippen LogP contribution in [0.4, 0.5) is 5.69 Å². The number of fused-ring (bicyclic) bond motifs is 9. The Balaban J connectivity index is 1.32. The minimum atomic E-state index is -0.456. The number of thiazole rings is 1. The fraction of sp³-hybridized carbons (Fsp3) is 0.400. The lowest BCUT2D eigenvalue weighted by atomic mass is 9.68. The van der Waals surface area contributed by atoms with E-state index in [2.05, 4.69) is 0 Å². The Hall–Kier alpha value is -3.08. The van der Waals surface area contributed by atoms with Crippen molar-refractivity contribution in [2.45, 2.75) is 36.1 Å². The molecule has 8 nitrogen and oxygen atoms in total. The molecule has 0 spiro atoms. The van der Waals surface area contributed by atoms with E-state index < -0.39 is 17.8 Å². The van der Waals surface area contributed by atoms with E-state index in [1.54, 1.807) is 50.1 Å². The molecule has 11 heteroatoms. The number of carbonyl (C=O) groups is 3. The lowest BCUT2D eigenvalue weighted by Gasteiger charge is -2.43. The Morgan fingerprint density at radius 3 is 2.34 bits per heavy atom. The third kappa shape index (κ3) is 4.01. The third-order valence-corrected chi connectivity index (χ3v) is 12.1. The van der Waals surface area contributed by atoms with Crippen LogP contribution in [0.3, 0.4) is 0 Å². The minimum absolute atomic E-state index is 0.00721. The highest BCUT2D eigenvalue weighted by atomic mass is 35.5. The molecule has 2 aromatic carbocycles. The van der Waals surface area contributed by atoms with Gasteiger partial charge in [-0.1, -0.05) is 35.1 Å². The molecule has 212 valence electrons. The Morgan fingerprint density at radius 2 is 1.68 bits per heavy atom. The maximum absolute atomic E-state index is 13.9. The molecular formula is C30H27ClN2O6S2. The van der Waals surface area contributed by atoms with E-state index in [1.165, 1.54) is 9.47 Å². The number of hydrogen-bond donors (Lipinski definition) is 0. The molecule has 7 unspecified atom stereocenters. The van der Waals surface area contributed by atoms with Crippen molar-refractivity contribution in [3.05, 3.63) is 73.7 Å². The molecule has 7 rings (SSSR count). The van der Waals surface area contributed by atoms with Gasteiger partial charge in [0.15, 0.2) is 0 Å². The first-order valence-corrected chi connectivity index (χ1v) is 15.7. The predicted octanol–water partition coefficient (Wildman–Crippen LogP) is 4.81. The van der Waals surface area contributed by atoms with Gasteiger partial charge in [-0.3, -0.25) is 28.6 Å². The lowest BCUT2D eigenvalue weighted by Crippen LogP contribution is -2.43. The van der Waals surface area contributed by atoms with E-state index in [1.807, 2.05) is 24.3 Å². The molecule has 2 amide bonds. The number of benzene rings is 2. The standard InChI is InChI=1S/C30H27ClN2O6S2/c1-3-39-20(34)13-32-29-26(41-30(32)37)21(14-4-10-17(38-2)11-5-14)22-18-12-19(25(22)40-29)24-23(18)27(35)33(28(24)36)16-8-6-15(31)7-9-16/h4-11,18-19,21-25H,3,12-13H2,1-2H3. The molecule has 2 aliphatic carbocycles. The molecule has 7 atom stereocenters. The summed E-state index contributed by atoms with van der Waals surface area (Å²) in [5, 5.41) is 1.33. The number of halogens is 1. The van der Waals surface area contributed by atoms with Crippen LogP contribution in [0.1, 0.15) is 29.7 Å². The number of anilines is 1. The average Bonchev–Trinajstić information content (AvgIpc) is 3.68. The maximum Gasteiger partial charge on any atom is 0.326 e. The molecule has 3 aromatic rings. The summed E-state index contributed by atoms with van der Waals surface area (Å²) in [4.78, 5) is 55.5. The first-order chi connectivity index (χ1) is 19.8. The van der Waals surface area contributed by atoms with Gasteiger partial charge in [0.25, 0.3) is 0 Å². The summed E-state index contributed by atoms with van der Waals surface area (Å²) in [5.74, 6) is -0.949. The van der Waals surface area contributed by atoms with Gasteiger partial charge in [0.2, 0.25) is 11.8 Å². The van der Waals surface area contributed by atoms with Gasteiger partial charge < -0.3 is 9.47 Å². The first-order valence-electron chi connectivity index (χ1n) is 13.7. The second-order valence-corrected chi connectivity index (χ2v) is 13.5. The van der Waals surface area contributed by atoms with Gasteiger partial charge in [-0.05, 0) is 73.1 Å². The minimum Gasteiger partial charge on any atom is -0.497 e. The Labute approximate surface area is 249 Å². The molecule has 0 radical (unpaired) electrons. The summed E-state index contributed by atoms with van der Waals surface area (Å²) in [6.45, 7) is 1.82. The SMILES string of the molecule is CCOC(=O)Cn1c2c(sc1=O)C(c1ccc(OC)cc1)C1C3CC(C1S2)C1C(=O)N(c2ccc(Cl)cc2)C(=O)C31. The number of carbonyl (C=O) groups excluding carboxylic acids is 3. The zero-order chi connectivity index (χ0) is 28.6. The Bertz CT molecular complexity index is 1620. The van der Waals surface area contributed by atoms with Crippen LogP contribution in [-0.2, 0) is 25.7 Å². The van der Waals surface area contributed by atoms with E-state index in [4.69, 9.17) is 21.1 Å². The van der Waals surface area contributed by atoms with Crippen molar-refractivity contribution in [2.75, 3.05) is 18.6 Å². The summed E-state index contributed by atoms with van der Waals surface area (Å²) < 4.78 is 12.1. The summed E-state index contributed by atoms with van der Waals surface area (Å²) in [6.07, 6.45) is 0.785. The number of nitrogens with zero attached hydrogens (tertiary/aromatic N) is 2. The molecule has 2 bridgehead atoms. The van der Waals surface area contributed by atoms with Gasteiger partial charge in [0, 0.05) is 21.1 Å². The molecule has 1 aromatic heterocycles. The fourth-order valence-electron chi connectivity index (χ4n) is 7.62. The van der Waals surface area contributed by atoms with E-state index in [9.17, 15) is 19.2 Å². The molecule has 3 fully saturated rings. The van der Waals surface area contributed by atoms with Crippen molar-refractivity contribution in [1.82, 2.24) is 4.57 Å². The van der Waals surface area contributed by atoms with E-state index >= 15 is 0 Å². The third-order valence-electron chi connectivity index (χ3n) is 9.10. The zero-order valence-corrected chi connectivity index (χ0v) is 24.7. The van der Waals surface area contributed by atoms with E-state index in [0.29, 0.717) is 10.7 Å². The van der Waals surface area contributed by atoms with Crippen molar-refractivity contribution in [3.8, 4) is 5.75 Å². The smallest absolute Gasteiger partial charge is 0.326 e. The molecule has 4 aliphatic rings. The van der Waals surface area contributed by atoms with Crippen LogP contribution in [0.2, 0.25) is 5.02 Å². The van der Waals surface area contributed by atoms with Crippen LogP contribution in [-0.4, -0.2) is 41.3 Å². The zero-order valence-electron chi connectivity index (χ0n) is 22.3. The monoisotopic (exact) mass is 610 g/mol. The van der Waals surface area contributed by atoms with Crippen LogP contribution in [0.5, 0.6) is 5.75 Å². The second kappa shape index (κ2) is 10.0. The van der Waals surface area contributed by atoms with E-state index in [-0.39, 0.29) is 58.8 Å². The number of methoxy groups -OCH3 is 1. The molecular weight excluding hydrogens is 584 g/mol. The first kappa shape index (κ1) is 26.8. The summed E-state index contributed by atoms with van der Waals surface area (Å²) >= 11 is 8.84. The van der Waals surface area contributed by atoms with Crippen molar-refractivity contribution >= 4 is 58.2 Å². The fourth-order valence-corrected chi connectivity index (χ4v) is 10.9. The van der Waals surface area contributed by atoms with Crippen LogP contribution in [0.15, 0.2) is 58.4 Å². The normalized spacial score (nSPS) is 29.3.